The first-order chi connectivity index (χ1) is 10.5. The molecule has 0 fully saturated rings. The summed E-state index contributed by atoms with van der Waals surface area (Å²) < 4.78 is 0. The van der Waals surface area contributed by atoms with Gasteiger partial charge in [-0.25, -0.2) is 9.97 Å². The Morgan fingerprint density at radius 2 is 2.05 bits per heavy atom. The molecule has 0 unspecified atom stereocenters. The van der Waals surface area contributed by atoms with Gasteiger partial charge in [-0.2, -0.15) is 0 Å². The number of thioether (sulfide) groups is 1. The summed E-state index contributed by atoms with van der Waals surface area (Å²) in [6.07, 6.45) is 4.82. The summed E-state index contributed by atoms with van der Waals surface area (Å²) >= 11 is 3.00. The van der Waals surface area contributed by atoms with E-state index >= 15 is 0 Å². The van der Waals surface area contributed by atoms with E-state index < -0.39 is 5.25 Å². The molecule has 0 amide bonds. The second-order valence-electron chi connectivity index (χ2n) is 5.93. The van der Waals surface area contributed by atoms with Crippen molar-refractivity contribution in [2.45, 2.75) is 50.3 Å². The highest BCUT2D eigenvalue weighted by Gasteiger charge is 2.27. The highest BCUT2D eigenvalue weighted by molar-refractivity contribution is 8.01. The molecule has 0 spiro atoms. The van der Waals surface area contributed by atoms with Gasteiger partial charge in [-0.3, -0.25) is 9.59 Å². The molecule has 1 atom stereocenters. The second-order valence-corrected chi connectivity index (χ2v) is 8.11. The highest BCUT2D eigenvalue weighted by atomic mass is 32.2. The number of thiophene rings is 1. The van der Waals surface area contributed by atoms with E-state index in [9.17, 15) is 9.59 Å². The first-order valence-electron chi connectivity index (χ1n) is 7.40. The van der Waals surface area contributed by atoms with Crippen molar-refractivity contribution in [3.05, 3.63) is 16.8 Å². The number of hydrogen-bond donors (Lipinski definition) is 0. The summed E-state index contributed by atoms with van der Waals surface area (Å²) in [5.41, 5.74) is 1.33. The van der Waals surface area contributed by atoms with Crippen LogP contribution in [0.2, 0.25) is 0 Å². The Kier molecular flexibility index (Phi) is 4.32. The van der Waals surface area contributed by atoms with Crippen molar-refractivity contribution >= 4 is 44.9 Å². The lowest BCUT2D eigenvalue weighted by Gasteiger charge is -2.18. The van der Waals surface area contributed by atoms with Crippen molar-refractivity contribution in [2.24, 2.45) is 5.92 Å². The number of fused-ring (bicyclic) bond motifs is 3. The Balaban J connectivity index is 2.07. The van der Waals surface area contributed by atoms with E-state index in [4.69, 9.17) is 0 Å². The largest absolute Gasteiger partial charge is 0.298 e. The molecule has 116 valence electrons. The van der Waals surface area contributed by atoms with Gasteiger partial charge < -0.3 is 0 Å². The van der Waals surface area contributed by atoms with E-state index in [0.717, 1.165) is 28.1 Å². The van der Waals surface area contributed by atoms with Crippen LogP contribution in [0.4, 0.5) is 0 Å². The molecule has 22 heavy (non-hydrogen) atoms. The van der Waals surface area contributed by atoms with Gasteiger partial charge in [0.15, 0.2) is 11.6 Å². The zero-order valence-corrected chi connectivity index (χ0v) is 14.5. The standard InChI is InChI=1S/C16H18N2O2S2/c1-8-4-5-11-12(6-8)21-15-13(11)16(18-7-17-15)22-14(9(2)19)10(3)20/h7-8,14H,4-6H2,1-3H3/t8-/m1/s1. The number of ketones is 2. The molecule has 0 saturated heterocycles. The summed E-state index contributed by atoms with van der Waals surface area (Å²) in [4.78, 5) is 34.5. The summed E-state index contributed by atoms with van der Waals surface area (Å²) in [7, 11) is 0. The molecule has 4 nitrogen and oxygen atoms in total. The number of aryl methyl sites for hydroxylation is 1. The lowest BCUT2D eigenvalue weighted by atomic mass is 9.89. The third-order valence-electron chi connectivity index (χ3n) is 4.02. The second kappa shape index (κ2) is 6.08. The van der Waals surface area contributed by atoms with E-state index in [1.165, 1.54) is 48.8 Å². The fourth-order valence-corrected chi connectivity index (χ4v) is 5.32. The first-order valence-corrected chi connectivity index (χ1v) is 9.09. The summed E-state index contributed by atoms with van der Waals surface area (Å²) in [5, 5.41) is 1.16. The quantitative estimate of drug-likeness (QED) is 0.487. The maximum absolute atomic E-state index is 11.7. The molecule has 0 bridgehead atoms. The van der Waals surface area contributed by atoms with Crippen LogP contribution in [-0.4, -0.2) is 26.8 Å². The van der Waals surface area contributed by atoms with Crippen LogP contribution in [0.1, 0.15) is 37.6 Å². The first kappa shape index (κ1) is 15.6. The van der Waals surface area contributed by atoms with Crippen molar-refractivity contribution in [1.82, 2.24) is 9.97 Å². The SMILES string of the molecule is CC(=O)C(Sc1ncnc2sc3c(c12)CC[C@@H](C)C3)C(C)=O. The number of Topliss-reactive ketones (excluding diaryl/α,β-unsaturated/α-hetero) is 2. The normalized spacial score (nSPS) is 17.7. The van der Waals surface area contributed by atoms with Gasteiger partial charge in [-0.05, 0) is 44.6 Å². The van der Waals surface area contributed by atoms with Crippen molar-refractivity contribution in [3.8, 4) is 0 Å². The van der Waals surface area contributed by atoms with Crippen LogP contribution < -0.4 is 0 Å². The van der Waals surface area contributed by atoms with Crippen LogP contribution in [0, 0.1) is 5.92 Å². The molecule has 3 rings (SSSR count). The fourth-order valence-electron chi connectivity index (χ4n) is 2.90. The molecule has 0 saturated carbocycles. The molecule has 1 aliphatic carbocycles. The Labute approximate surface area is 137 Å². The zero-order chi connectivity index (χ0) is 15.9. The number of aromatic nitrogens is 2. The fraction of sp³-hybridized carbons (Fsp3) is 0.500. The van der Waals surface area contributed by atoms with Crippen LogP contribution in [0.3, 0.4) is 0 Å². The van der Waals surface area contributed by atoms with Gasteiger partial charge in [0, 0.05) is 10.3 Å². The van der Waals surface area contributed by atoms with E-state index in [2.05, 4.69) is 16.9 Å². The molecule has 0 aromatic carbocycles. The third kappa shape index (κ3) is 2.82. The maximum Gasteiger partial charge on any atom is 0.150 e. The molecule has 0 aliphatic heterocycles. The molecule has 2 aromatic heterocycles. The van der Waals surface area contributed by atoms with Crippen molar-refractivity contribution < 1.29 is 9.59 Å². The minimum absolute atomic E-state index is 0.123. The van der Waals surface area contributed by atoms with Gasteiger partial charge in [0.2, 0.25) is 0 Å². The minimum Gasteiger partial charge on any atom is -0.298 e. The van der Waals surface area contributed by atoms with Gasteiger partial charge in [0.1, 0.15) is 21.4 Å². The highest BCUT2D eigenvalue weighted by Crippen LogP contribution is 2.41. The van der Waals surface area contributed by atoms with Crippen molar-refractivity contribution in [3.63, 3.8) is 0 Å². The summed E-state index contributed by atoms with van der Waals surface area (Å²) in [6.45, 7) is 5.20. The average molecular weight is 334 g/mol. The number of hydrogen-bond acceptors (Lipinski definition) is 6. The average Bonchev–Trinajstić information content (AvgIpc) is 2.81. The number of carbonyl (C=O) groups is 2. The van der Waals surface area contributed by atoms with Crippen LogP contribution in [0.5, 0.6) is 0 Å². The maximum atomic E-state index is 11.7. The van der Waals surface area contributed by atoms with E-state index in [1.807, 2.05) is 0 Å². The van der Waals surface area contributed by atoms with E-state index in [-0.39, 0.29) is 11.6 Å². The van der Waals surface area contributed by atoms with Gasteiger partial charge in [-0.1, -0.05) is 18.7 Å². The van der Waals surface area contributed by atoms with Crippen LogP contribution in [0.25, 0.3) is 10.2 Å². The smallest absolute Gasteiger partial charge is 0.150 e. The minimum atomic E-state index is -0.670. The van der Waals surface area contributed by atoms with Crippen LogP contribution in [0.15, 0.2) is 11.4 Å². The molecule has 2 heterocycles. The third-order valence-corrected chi connectivity index (χ3v) is 6.62. The van der Waals surface area contributed by atoms with Crippen molar-refractivity contribution in [1.29, 1.82) is 0 Å². The lowest BCUT2D eigenvalue weighted by Crippen LogP contribution is -2.22. The van der Waals surface area contributed by atoms with Gasteiger partial charge in [0.25, 0.3) is 0 Å². The monoisotopic (exact) mass is 334 g/mol. The summed E-state index contributed by atoms with van der Waals surface area (Å²) in [5.74, 6) is 0.454. The zero-order valence-electron chi connectivity index (χ0n) is 12.9. The number of carbonyl (C=O) groups excluding carboxylic acids is 2. The molecule has 2 aromatic rings. The Morgan fingerprint density at radius 3 is 2.73 bits per heavy atom. The van der Waals surface area contributed by atoms with Crippen LogP contribution >= 0.6 is 23.1 Å². The summed E-state index contributed by atoms with van der Waals surface area (Å²) in [6, 6.07) is 0. The Hall–Kier alpha value is -1.27. The van der Waals surface area contributed by atoms with Crippen LogP contribution in [-0.2, 0) is 22.4 Å². The predicted molar refractivity (Wildman–Crippen MR) is 89.6 cm³/mol. The van der Waals surface area contributed by atoms with Gasteiger partial charge in [-0.15, -0.1) is 11.3 Å². The van der Waals surface area contributed by atoms with E-state index in [0.29, 0.717) is 5.92 Å². The van der Waals surface area contributed by atoms with E-state index in [1.54, 1.807) is 11.3 Å². The molecule has 1 aliphatic rings. The topological polar surface area (TPSA) is 59.9 Å². The number of rotatable bonds is 4. The molecule has 6 heteroatoms. The molecular formula is C16H18N2O2S2. The Bertz CT molecular complexity index is 740. The predicted octanol–water partition coefficient (Wildman–Crippen LogP) is 3.45. The molecule has 0 radical (unpaired) electrons. The van der Waals surface area contributed by atoms with Crippen molar-refractivity contribution in [2.75, 3.05) is 0 Å². The lowest BCUT2D eigenvalue weighted by molar-refractivity contribution is -0.123. The molecule has 0 N–H and O–H groups in total. The molecular weight excluding hydrogens is 316 g/mol. The van der Waals surface area contributed by atoms with Gasteiger partial charge >= 0.3 is 0 Å². The Morgan fingerprint density at radius 1 is 1.32 bits per heavy atom. The van der Waals surface area contributed by atoms with Gasteiger partial charge in [0.05, 0.1) is 0 Å². The number of nitrogens with zero attached hydrogens (tertiary/aromatic N) is 2.